The fourth-order valence-electron chi connectivity index (χ4n) is 3.57. The highest BCUT2D eigenvalue weighted by molar-refractivity contribution is 7.17. The van der Waals surface area contributed by atoms with E-state index in [1.165, 1.54) is 27.8 Å². The molecule has 0 aliphatic carbocycles. The molecule has 1 amide bonds. The Kier molecular flexibility index (Phi) is 6.17. The highest BCUT2D eigenvalue weighted by atomic mass is 35.5. The van der Waals surface area contributed by atoms with Crippen molar-refractivity contribution in [3.63, 3.8) is 0 Å². The summed E-state index contributed by atoms with van der Waals surface area (Å²) in [5.74, 6) is 0.126. The second-order valence-electron chi connectivity index (χ2n) is 8.19. The molecular formula is C25H24ClN3O2S. The number of aryl methyl sites for hydroxylation is 1. The highest BCUT2D eigenvalue weighted by Gasteiger charge is 2.21. The first-order valence-corrected chi connectivity index (χ1v) is 11.7. The van der Waals surface area contributed by atoms with E-state index in [0.717, 1.165) is 16.7 Å². The number of anilines is 1. The van der Waals surface area contributed by atoms with Crippen molar-refractivity contribution in [2.45, 2.75) is 39.7 Å². The molecule has 7 heteroatoms. The van der Waals surface area contributed by atoms with Crippen LogP contribution >= 0.6 is 22.9 Å². The first-order chi connectivity index (χ1) is 15.3. The number of hydrogen-bond donors (Lipinski definition) is 1. The predicted molar refractivity (Wildman–Crippen MR) is 133 cm³/mol. The predicted octanol–water partition coefficient (Wildman–Crippen LogP) is 6.41. The van der Waals surface area contributed by atoms with Crippen LogP contribution in [0.1, 0.15) is 43.9 Å². The summed E-state index contributed by atoms with van der Waals surface area (Å²) in [7, 11) is 0. The van der Waals surface area contributed by atoms with Crippen molar-refractivity contribution in [3.05, 3.63) is 80.7 Å². The number of fused-ring (bicyclic) bond motifs is 1. The molecule has 4 rings (SSSR count). The molecule has 0 aliphatic rings. The zero-order valence-corrected chi connectivity index (χ0v) is 19.9. The second-order valence-corrected chi connectivity index (χ2v) is 9.48. The van der Waals surface area contributed by atoms with Crippen molar-refractivity contribution < 1.29 is 4.79 Å². The number of thiophene rings is 1. The van der Waals surface area contributed by atoms with Gasteiger partial charge in [-0.15, -0.1) is 11.3 Å². The molecule has 0 aliphatic heterocycles. The zero-order valence-electron chi connectivity index (χ0n) is 18.3. The lowest BCUT2D eigenvalue weighted by Crippen LogP contribution is -2.31. The molecule has 2 aromatic heterocycles. The third-order valence-electron chi connectivity index (χ3n) is 5.66. The molecule has 0 fully saturated rings. The van der Waals surface area contributed by atoms with E-state index in [2.05, 4.69) is 36.3 Å². The van der Waals surface area contributed by atoms with Crippen molar-refractivity contribution in [1.82, 2.24) is 9.55 Å². The molecular weight excluding hydrogens is 442 g/mol. The van der Waals surface area contributed by atoms with Gasteiger partial charge in [0.15, 0.2) is 0 Å². The van der Waals surface area contributed by atoms with Gasteiger partial charge in [0, 0.05) is 21.7 Å². The Morgan fingerprint density at radius 1 is 1.12 bits per heavy atom. The molecule has 164 valence electrons. The monoisotopic (exact) mass is 465 g/mol. The van der Waals surface area contributed by atoms with E-state index < -0.39 is 6.04 Å². The topological polar surface area (TPSA) is 64.0 Å². The molecule has 1 atom stereocenters. The quantitative estimate of drug-likeness (QED) is 0.370. The summed E-state index contributed by atoms with van der Waals surface area (Å²) in [5.41, 5.74) is 4.32. The van der Waals surface area contributed by atoms with Gasteiger partial charge in [-0.25, -0.2) is 4.98 Å². The maximum Gasteiger partial charge on any atom is 0.263 e. The maximum absolute atomic E-state index is 13.4. The maximum atomic E-state index is 13.4. The van der Waals surface area contributed by atoms with Crippen LogP contribution in [-0.4, -0.2) is 15.5 Å². The number of carbonyl (C=O) groups excluding carboxylic acids is 1. The molecule has 5 nitrogen and oxygen atoms in total. The summed E-state index contributed by atoms with van der Waals surface area (Å²) >= 11 is 7.49. The number of aromatic nitrogens is 2. The number of rotatable bonds is 5. The van der Waals surface area contributed by atoms with E-state index in [1.807, 2.05) is 30.5 Å². The van der Waals surface area contributed by atoms with Crippen molar-refractivity contribution in [2.75, 3.05) is 5.32 Å². The Bertz CT molecular complexity index is 1360. The lowest BCUT2D eigenvalue weighted by atomic mass is 9.99. The SMILES string of the molecule is Cc1ccc(Cl)cc1NC(=O)C(C)n1cnc2scc(-c3ccc(C(C)C)cc3)c2c1=O. The summed E-state index contributed by atoms with van der Waals surface area (Å²) < 4.78 is 1.39. The van der Waals surface area contributed by atoms with E-state index in [1.54, 1.807) is 19.1 Å². The average Bonchev–Trinajstić information content (AvgIpc) is 3.21. The Hall–Kier alpha value is -2.96. The van der Waals surface area contributed by atoms with Crippen molar-refractivity contribution >= 4 is 44.7 Å². The molecule has 0 saturated carbocycles. The van der Waals surface area contributed by atoms with Gasteiger partial charge in [-0.05, 0) is 48.6 Å². The van der Waals surface area contributed by atoms with Crippen LogP contribution in [0.15, 0.2) is 59.0 Å². The zero-order chi connectivity index (χ0) is 23.0. The molecule has 2 heterocycles. The molecule has 1 N–H and O–H groups in total. The number of carbonyl (C=O) groups is 1. The van der Waals surface area contributed by atoms with Crippen molar-refractivity contribution in [2.24, 2.45) is 0 Å². The number of benzene rings is 2. The Morgan fingerprint density at radius 2 is 1.84 bits per heavy atom. The fraction of sp³-hybridized carbons (Fsp3) is 0.240. The summed E-state index contributed by atoms with van der Waals surface area (Å²) in [6, 6.07) is 12.8. The van der Waals surface area contributed by atoms with Crippen LogP contribution in [0.5, 0.6) is 0 Å². The summed E-state index contributed by atoms with van der Waals surface area (Å²) in [4.78, 5) is 31.4. The minimum absolute atomic E-state index is 0.232. The summed E-state index contributed by atoms with van der Waals surface area (Å²) in [5, 5.41) is 5.89. The van der Waals surface area contributed by atoms with Crippen LogP contribution in [0.3, 0.4) is 0 Å². The largest absolute Gasteiger partial charge is 0.324 e. The molecule has 0 saturated heterocycles. The molecule has 0 radical (unpaired) electrons. The number of amides is 1. The molecule has 1 unspecified atom stereocenters. The van der Waals surface area contributed by atoms with Crippen molar-refractivity contribution in [3.8, 4) is 11.1 Å². The van der Waals surface area contributed by atoms with E-state index in [4.69, 9.17) is 11.6 Å². The molecule has 4 aromatic rings. The standard InChI is InChI=1S/C25H24ClN3O2S/c1-14(2)17-6-8-18(9-7-17)20-12-32-24-22(20)25(31)29(13-27-24)16(4)23(30)28-21-11-19(26)10-5-15(21)3/h5-14,16H,1-4H3,(H,28,30). The van der Waals surface area contributed by atoms with Crippen LogP contribution in [0, 0.1) is 6.92 Å². The van der Waals surface area contributed by atoms with Gasteiger partial charge in [0.05, 0.1) is 11.7 Å². The number of halogens is 1. The number of nitrogens with one attached hydrogen (secondary N) is 1. The Balaban J connectivity index is 1.70. The lowest BCUT2D eigenvalue weighted by molar-refractivity contribution is -0.118. The molecule has 2 aromatic carbocycles. The molecule has 32 heavy (non-hydrogen) atoms. The van der Waals surface area contributed by atoms with Crippen LogP contribution in [0.25, 0.3) is 21.3 Å². The Morgan fingerprint density at radius 3 is 2.53 bits per heavy atom. The van der Waals surface area contributed by atoms with E-state index >= 15 is 0 Å². The van der Waals surface area contributed by atoms with Gasteiger partial charge in [0.1, 0.15) is 10.9 Å². The Labute approximate surface area is 195 Å². The van der Waals surface area contributed by atoms with Crippen LogP contribution in [0.4, 0.5) is 5.69 Å². The highest BCUT2D eigenvalue weighted by Crippen LogP contribution is 2.32. The fourth-order valence-corrected chi connectivity index (χ4v) is 4.65. The molecule has 0 spiro atoms. The minimum atomic E-state index is -0.742. The van der Waals surface area contributed by atoms with Gasteiger partial charge in [0.2, 0.25) is 5.91 Å². The second kappa shape index (κ2) is 8.88. The lowest BCUT2D eigenvalue weighted by Gasteiger charge is -2.16. The number of hydrogen-bond acceptors (Lipinski definition) is 4. The van der Waals surface area contributed by atoms with Crippen LogP contribution in [0.2, 0.25) is 5.02 Å². The smallest absolute Gasteiger partial charge is 0.263 e. The third kappa shape index (κ3) is 4.20. The third-order valence-corrected chi connectivity index (χ3v) is 6.78. The summed E-state index contributed by atoms with van der Waals surface area (Å²) in [6.07, 6.45) is 1.45. The average molecular weight is 466 g/mol. The van der Waals surface area contributed by atoms with Crippen molar-refractivity contribution in [1.29, 1.82) is 0 Å². The van der Waals surface area contributed by atoms with E-state index in [-0.39, 0.29) is 11.5 Å². The van der Waals surface area contributed by atoms with Gasteiger partial charge in [-0.2, -0.15) is 0 Å². The number of nitrogens with zero attached hydrogens (tertiary/aromatic N) is 2. The summed E-state index contributed by atoms with van der Waals surface area (Å²) in [6.45, 7) is 7.87. The minimum Gasteiger partial charge on any atom is -0.324 e. The van der Waals surface area contributed by atoms with Gasteiger partial charge in [-0.3, -0.25) is 14.2 Å². The van der Waals surface area contributed by atoms with Gasteiger partial charge >= 0.3 is 0 Å². The molecule has 0 bridgehead atoms. The normalized spacial score (nSPS) is 12.3. The van der Waals surface area contributed by atoms with E-state index in [0.29, 0.717) is 26.8 Å². The first kappa shape index (κ1) is 22.2. The van der Waals surface area contributed by atoms with Gasteiger partial charge < -0.3 is 5.32 Å². The first-order valence-electron chi connectivity index (χ1n) is 10.4. The van der Waals surface area contributed by atoms with Crippen LogP contribution in [-0.2, 0) is 4.79 Å². The van der Waals surface area contributed by atoms with Gasteiger partial charge in [-0.1, -0.05) is 55.8 Å². The van der Waals surface area contributed by atoms with Gasteiger partial charge in [0.25, 0.3) is 5.56 Å². The van der Waals surface area contributed by atoms with Crippen LogP contribution < -0.4 is 10.9 Å². The van der Waals surface area contributed by atoms with E-state index in [9.17, 15) is 9.59 Å².